The second-order valence-electron chi connectivity index (χ2n) is 4.11. The quantitative estimate of drug-likeness (QED) is 0.825. The highest BCUT2D eigenvalue weighted by molar-refractivity contribution is 5.44. The Kier molecular flexibility index (Phi) is 3.73. The van der Waals surface area contributed by atoms with Gasteiger partial charge in [0.25, 0.3) is 0 Å². The third-order valence-corrected chi connectivity index (χ3v) is 2.82. The molecule has 1 aliphatic rings. The van der Waals surface area contributed by atoms with Crippen LogP contribution in [0.5, 0.6) is 0 Å². The molecule has 0 saturated carbocycles. The summed E-state index contributed by atoms with van der Waals surface area (Å²) in [7, 11) is 0. The third kappa shape index (κ3) is 2.82. The van der Waals surface area contributed by atoms with Crippen LogP contribution in [0.1, 0.15) is 19.8 Å². The molecule has 1 fully saturated rings. The van der Waals surface area contributed by atoms with Crippen LogP contribution in [0.15, 0.2) is 6.20 Å². The molecule has 2 heterocycles. The molecular formula is C11H17FN4O. The molecule has 0 bridgehead atoms. The Bertz CT molecular complexity index is 380. The zero-order valence-electron chi connectivity index (χ0n) is 9.86. The summed E-state index contributed by atoms with van der Waals surface area (Å²) in [4.78, 5) is 9.87. The first-order valence-corrected chi connectivity index (χ1v) is 5.90. The van der Waals surface area contributed by atoms with E-state index in [1.165, 1.54) is 6.20 Å². The fourth-order valence-corrected chi connectivity index (χ4v) is 1.90. The second kappa shape index (κ2) is 5.27. The maximum absolute atomic E-state index is 13.6. The first-order valence-electron chi connectivity index (χ1n) is 5.90. The van der Waals surface area contributed by atoms with Gasteiger partial charge in [0.05, 0.1) is 12.3 Å². The number of aliphatic hydroxyl groups is 1. The number of anilines is 2. The standard InChI is InChI=1S/C11H17FN4O/c1-2-13-11-14-7-9(12)10(15-11)16-5-3-8(17)4-6-16/h7-8,17H,2-6H2,1H3,(H,13,14,15). The molecule has 0 spiro atoms. The van der Waals surface area contributed by atoms with Gasteiger partial charge in [0.2, 0.25) is 5.95 Å². The molecule has 0 aliphatic carbocycles. The number of rotatable bonds is 3. The summed E-state index contributed by atoms with van der Waals surface area (Å²) in [6.07, 6.45) is 2.22. The molecule has 17 heavy (non-hydrogen) atoms. The molecule has 1 saturated heterocycles. The van der Waals surface area contributed by atoms with Crippen LogP contribution in [-0.4, -0.2) is 40.8 Å². The Balaban J connectivity index is 2.15. The van der Waals surface area contributed by atoms with Gasteiger partial charge >= 0.3 is 0 Å². The number of piperidine rings is 1. The normalized spacial score (nSPS) is 17.2. The van der Waals surface area contributed by atoms with Gasteiger partial charge in [0, 0.05) is 19.6 Å². The van der Waals surface area contributed by atoms with E-state index in [1.54, 1.807) is 0 Å². The van der Waals surface area contributed by atoms with E-state index < -0.39 is 5.82 Å². The van der Waals surface area contributed by atoms with Crippen molar-refractivity contribution in [3.63, 3.8) is 0 Å². The molecule has 1 aromatic rings. The van der Waals surface area contributed by atoms with Crippen LogP contribution >= 0.6 is 0 Å². The third-order valence-electron chi connectivity index (χ3n) is 2.82. The van der Waals surface area contributed by atoms with E-state index in [2.05, 4.69) is 15.3 Å². The lowest BCUT2D eigenvalue weighted by molar-refractivity contribution is 0.145. The van der Waals surface area contributed by atoms with Gasteiger partial charge in [-0.15, -0.1) is 0 Å². The Morgan fingerprint density at radius 1 is 1.53 bits per heavy atom. The first-order chi connectivity index (χ1) is 8.20. The topological polar surface area (TPSA) is 61.3 Å². The van der Waals surface area contributed by atoms with Crippen LogP contribution in [0.4, 0.5) is 16.2 Å². The molecule has 94 valence electrons. The molecule has 1 aliphatic heterocycles. The van der Waals surface area contributed by atoms with E-state index in [0.29, 0.717) is 44.2 Å². The lowest BCUT2D eigenvalue weighted by Gasteiger charge is -2.30. The highest BCUT2D eigenvalue weighted by Crippen LogP contribution is 2.21. The van der Waals surface area contributed by atoms with Gasteiger partial charge in [-0.25, -0.2) is 9.37 Å². The average molecular weight is 240 g/mol. The number of hydrogen-bond acceptors (Lipinski definition) is 5. The van der Waals surface area contributed by atoms with Crippen LogP contribution in [0, 0.1) is 5.82 Å². The van der Waals surface area contributed by atoms with Crippen molar-refractivity contribution >= 4 is 11.8 Å². The van der Waals surface area contributed by atoms with Crippen LogP contribution in [0.3, 0.4) is 0 Å². The fourth-order valence-electron chi connectivity index (χ4n) is 1.90. The molecule has 2 N–H and O–H groups in total. The summed E-state index contributed by atoms with van der Waals surface area (Å²) < 4.78 is 13.6. The van der Waals surface area contributed by atoms with Gasteiger partial charge in [-0.2, -0.15) is 4.98 Å². The van der Waals surface area contributed by atoms with Crippen molar-refractivity contribution in [2.24, 2.45) is 0 Å². The van der Waals surface area contributed by atoms with Crippen molar-refractivity contribution in [2.75, 3.05) is 29.9 Å². The number of aromatic nitrogens is 2. The van der Waals surface area contributed by atoms with Crippen molar-refractivity contribution in [3.8, 4) is 0 Å². The number of nitrogens with one attached hydrogen (secondary N) is 1. The molecule has 0 atom stereocenters. The number of nitrogens with zero attached hydrogens (tertiary/aromatic N) is 3. The second-order valence-corrected chi connectivity index (χ2v) is 4.11. The lowest BCUT2D eigenvalue weighted by Crippen LogP contribution is -2.37. The number of aliphatic hydroxyl groups excluding tert-OH is 1. The van der Waals surface area contributed by atoms with E-state index in [-0.39, 0.29) is 6.10 Å². The summed E-state index contributed by atoms with van der Waals surface area (Å²) in [5, 5.41) is 12.4. The van der Waals surface area contributed by atoms with Crippen molar-refractivity contribution in [2.45, 2.75) is 25.9 Å². The Labute approximate surface area is 99.7 Å². The van der Waals surface area contributed by atoms with E-state index in [1.807, 2.05) is 11.8 Å². The summed E-state index contributed by atoms with van der Waals surface area (Å²) in [6, 6.07) is 0. The maximum Gasteiger partial charge on any atom is 0.224 e. The molecule has 0 radical (unpaired) electrons. The first kappa shape index (κ1) is 12.0. The van der Waals surface area contributed by atoms with Crippen LogP contribution in [0.25, 0.3) is 0 Å². The molecule has 6 heteroatoms. The molecule has 0 amide bonds. The maximum atomic E-state index is 13.6. The molecule has 1 aromatic heterocycles. The minimum absolute atomic E-state index is 0.274. The Hall–Kier alpha value is -1.43. The molecule has 2 rings (SSSR count). The Morgan fingerprint density at radius 3 is 2.88 bits per heavy atom. The van der Waals surface area contributed by atoms with Crippen molar-refractivity contribution in [3.05, 3.63) is 12.0 Å². The average Bonchev–Trinajstić information content (AvgIpc) is 2.33. The van der Waals surface area contributed by atoms with E-state index >= 15 is 0 Å². The lowest BCUT2D eigenvalue weighted by atomic mass is 10.1. The van der Waals surface area contributed by atoms with Crippen LogP contribution < -0.4 is 10.2 Å². The minimum Gasteiger partial charge on any atom is -0.393 e. The number of halogens is 1. The predicted octanol–water partition coefficient (Wildman–Crippen LogP) is 1.01. The van der Waals surface area contributed by atoms with Crippen LogP contribution in [-0.2, 0) is 0 Å². The monoisotopic (exact) mass is 240 g/mol. The number of hydrogen-bond donors (Lipinski definition) is 2. The molecule has 0 unspecified atom stereocenters. The predicted molar refractivity (Wildman–Crippen MR) is 63.6 cm³/mol. The van der Waals surface area contributed by atoms with Crippen molar-refractivity contribution in [1.82, 2.24) is 9.97 Å². The van der Waals surface area contributed by atoms with Gasteiger partial charge in [0.1, 0.15) is 0 Å². The molecule has 5 nitrogen and oxygen atoms in total. The van der Waals surface area contributed by atoms with E-state index in [0.717, 1.165) is 0 Å². The SMILES string of the molecule is CCNc1ncc(F)c(N2CCC(O)CC2)n1. The zero-order valence-corrected chi connectivity index (χ0v) is 9.86. The van der Waals surface area contributed by atoms with E-state index in [9.17, 15) is 9.50 Å². The van der Waals surface area contributed by atoms with Gasteiger partial charge in [-0.1, -0.05) is 0 Å². The van der Waals surface area contributed by atoms with Gasteiger partial charge in [0.15, 0.2) is 11.6 Å². The van der Waals surface area contributed by atoms with Gasteiger partial charge in [-0.05, 0) is 19.8 Å². The summed E-state index contributed by atoms with van der Waals surface area (Å²) in [5.74, 6) is 0.348. The summed E-state index contributed by atoms with van der Waals surface area (Å²) in [5.41, 5.74) is 0. The van der Waals surface area contributed by atoms with Crippen molar-refractivity contribution < 1.29 is 9.50 Å². The zero-order chi connectivity index (χ0) is 12.3. The molecular weight excluding hydrogens is 223 g/mol. The summed E-state index contributed by atoms with van der Waals surface area (Å²) in [6.45, 7) is 3.88. The smallest absolute Gasteiger partial charge is 0.224 e. The van der Waals surface area contributed by atoms with Crippen molar-refractivity contribution in [1.29, 1.82) is 0 Å². The van der Waals surface area contributed by atoms with Crippen LogP contribution in [0.2, 0.25) is 0 Å². The molecule has 0 aromatic carbocycles. The summed E-state index contributed by atoms with van der Waals surface area (Å²) >= 11 is 0. The highest BCUT2D eigenvalue weighted by Gasteiger charge is 2.21. The minimum atomic E-state index is -0.414. The van der Waals surface area contributed by atoms with Gasteiger partial charge in [-0.3, -0.25) is 0 Å². The highest BCUT2D eigenvalue weighted by atomic mass is 19.1. The van der Waals surface area contributed by atoms with E-state index in [4.69, 9.17) is 0 Å². The fraction of sp³-hybridized carbons (Fsp3) is 0.636. The Morgan fingerprint density at radius 2 is 2.24 bits per heavy atom. The largest absolute Gasteiger partial charge is 0.393 e. The van der Waals surface area contributed by atoms with Gasteiger partial charge < -0.3 is 15.3 Å².